The Hall–Kier alpha value is -1.35. The maximum absolute atomic E-state index is 11.2. The van der Waals surface area contributed by atoms with Crippen LogP contribution >= 0.6 is 0 Å². The van der Waals surface area contributed by atoms with Gasteiger partial charge in [-0.2, -0.15) is 0 Å². The number of ketones is 1. The molecule has 1 aliphatic rings. The molecule has 0 aromatic heterocycles. The van der Waals surface area contributed by atoms with E-state index in [1.807, 2.05) is 6.07 Å². The molecule has 3 heteroatoms. The van der Waals surface area contributed by atoms with Gasteiger partial charge in [-0.25, -0.2) is 0 Å². The van der Waals surface area contributed by atoms with E-state index in [2.05, 4.69) is 0 Å². The molecule has 0 heterocycles. The molecule has 3 nitrogen and oxygen atoms in total. The molecule has 0 spiro atoms. The predicted octanol–water partition coefficient (Wildman–Crippen LogP) is 1.30. The van der Waals surface area contributed by atoms with Crippen LogP contribution in [0, 0.1) is 0 Å². The number of hydrogen-bond acceptors (Lipinski definition) is 3. The molecule has 0 radical (unpaired) electrons. The van der Waals surface area contributed by atoms with E-state index < -0.39 is 5.54 Å². The second-order valence-electron chi connectivity index (χ2n) is 3.92. The molecule has 2 rings (SSSR count). The van der Waals surface area contributed by atoms with Crippen molar-refractivity contribution in [2.45, 2.75) is 24.8 Å². The minimum atomic E-state index is -0.560. The maximum atomic E-state index is 11.2. The first-order valence-corrected chi connectivity index (χ1v) is 4.70. The van der Waals surface area contributed by atoms with E-state index >= 15 is 0 Å². The normalized spacial score (nSPS) is 26.8. The van der Waals surface area contributed by atoms with Gasteiger partial charge in [-0.15, -0.1) is 0 Å². The van der Waals surface area contributed by atoms with Gasteiger partial charge in [-0.1, -0.05) is 12.1 Å². The molecule has 0 saturated heterocycles. The molecule has 1 aromatic rings. The van der Waals surface area contributed by atoms with Crippen LogP contribution in [-0.2, 0) is 10.3 Å². The zero-order chi connectivity index (χ0) is 10.2. The summed E-state index contributed by atoms with van der Waals surface area (Å²) in [7, 11) is 0. The van der Waals surface area contributed by atoms with Crippen molar-refractivity contribution in [1.29, 1.82) is 0 Å². The largest absolute Gasteiger partial charge is 0.508 e. The highest BCUT2D eigenvalue weighted by Gasteiger charge is 2.36. The molecule has 0 bridgehead atoms. The topological polar surface area (TPSA) is 63.3 Å². The van der Waals surface area contributed by atoms with Crippen molar-refractivity contribution < 1.29 is 9.90 Å². The minimum absolute atomic E-state index is 0.201. The van der Waals surface area contributed by atoms with Gasteiger partial charge in [0.2, 0.25) is 0 Å². The fraction of sp³-hybridized carbons (Fsp3) is 0.364. The second kappa shape index (κ2) is 3.10. The van der Waals surface area contributed by atoms with E-state index in [1.54, 1.807) is 18.2 Å². The van der Waals surface area contributed by atoms with Crippen molar-refractivity contribution in [3.63, 3.8) is 0 Å². The van der Waals surface area contributed by atoms with Crippen LogP contribution in [0.25, 0.3) is 0 Å². The van der Waals surface area contributed by atoms with Crippen molar-refractivity contribution in [2.24, 2.45) is 5.73 Å². The number of nitrogens with two attached hydrogens (primary N) is 1. The third-order valence-electron chi connectivity index (χ3n) is 2.78. The molecule has 1 aliphatic carbocycles. The first kappa shape index (κ1) is 9.21. The van der Waals surface area contributed by atoms with Crippen LogP contribution in [-0.4, -0.2) is 10.9 Å². The fourth-order valence-corrected chi connectivity index (χ4v) is 1.95. The summed E-state index contributed by atoms with van der Waals surface area (Å²) < 4.78 is 0. The predicted molar refractivity (Wildman–Crippen MR) is 52.8 cm³/mol. The van der Waals surface area contributed by atoms with Crippen molar-refractivity contribution in [3.8, 4) is 5.75 Å². The molecule has 14 heavy (non-hydrogen) atoms. The van der Waals surface area contributed by atoms with Crippen LogP contribution in [0.15, 0.2) is 24.3 Å². The Kier molecular flexibility index (Phi) is 2.04. The number of Topliss-reactive ketones (excluding diaryl/α,β-unsaturated/α-hetero) is 1. The Morgan fingerprint density at radius 1 is 1.43 bits per heavy atom. The number of carbonyl (C=O) groups excluding carboxylic acids is 1. The molecule has 0 amide bonds. The summed E-state index contributed by atoms with van der Waals surface area (Å²) in [6.07, 6.45) is 1.61. The summed E-state index contributed by atoms with van der Waals surface area (Å²) in [4.78, 5) is 11.2. The molecule has 1 aromatic carbocycles. The van der Waals surface area contributed by atoms with Gasteiger partial charge in [0.05, 0.1) is 0 Å². The van der Waals surface area contributed by atoms with Gasteiger partial charge in [0.15, 0.2) is 0 Å². The standard InChI is InChI=1S/C11H13NO2/c12-11(5-4-10(14)7-11)8-2-1-3-9(13)6-8/h1-3,6,13H,4-5,7,12H2. The highest BCUT2D eigenvalue weighted by atomic mass is 16.3. The quantitative estimate of drug-likeness (QED) is 0.703. The third-order valence-corrected chi connectivity index (χ3v) is 2.78. The average molecular weight is 191 g/mol. The van der Waals surface area contributed by atoms with Crippen LogP contribution in [0.1, 0.15) is 24.8 Å². The fourth-order valence-electron chi connectivity index (χ4n) is 1.95. The average Bonchev–Trinajstić information content (AvgIpc) is 2.48. The highest BCUT2D eigenvalue weighted by molar-refractivity contribution is 5.82. The van der Waals surface area contributed by atoms with E-state index in [0.717, 1.165) is 5.56 Å². The Morgan fingerprint density at radius 2 is 2.21 bits per heavy atom. The Labute approximate surface area is 82.5 Å². The van der Waals surface area contributed by atoms with E-state index in [-0.39, 0.29) is 11.5 Å². The van der Waals surface area contributed by atoms with Crippen LogP contribution in [0.5, 0.6) is 5.75 Å². The summed E-state index contributed by atoms with van der Waals surface area (Å²) in [5.41, 5.74) is 6.40. The summed E-state index contributed by atoms with van der Waals surface area (Å²) in [6.45, 7) is 0. The van der Waals surface area contributed by atoms with Gasteiger partial charge in [-0.05, 0) is 24.1 Å². The van der Waals surface area contributed by atoms with Gasteiger partial charge in [0.1, 0.15) is 11.5 Å². The monoisotopic (exact) mass is 191 g/mol. The lowest BCUT2D eigenvalue weighted by atomic mass is 9.89. The third kappa shape index (κ3) is 1.51. The molecule has 1 saturated carbocycles. The number of phenolic OH excluding ortho intramolecular Hbond substituents is 1. The minimum Gasteiger partial charge on any atom is -0.508 e. The summed E-state index contributed by atoms with van der Waals surface area (Å²) in [6, 6.07) is 6.85. The van der Waals surface area contributed by atoms with Crippen molar-refractivity contribution in [1.82, 2.24) is 0 Å². The highest BCUT2D eigenvalue weighted by Crippen LogP contribution is 2.35. The molecule has 0 aliphatic heterocycles. The van der Waals surface area contributed by atoms with Crippen molar-refractivity contribution in [3.05, 3.63) is 29.8 Å². The maximum Gasteiger partial charge on any atom is 0.135 e. The van der Waals surface area contributed by atoms with E-state index in [4.69, 9.17) is 5.73 Å². The second-order valence-corrected chi connectivity index (χ2v) is 3.92. The zero-order valence-electron chi connectivity index (χ0n) is 7.86. The number of aromatic hydroxyl groups is 1. The van der Waals surface area contributed by atoms with Gasteiger partial charge < -0.3 is 10.8 Å². The van der Waals surface area contributed by atoms with Crippen LogP contribution in [0.2, 0.25) is 0 Å². The van der Waals surface area contributed by atoms with E-state index in [0.29, 0.717) is 19.3 Å². The lowest BCUT2D eigenvalue weighted by molar-refractivity contribution is -0.117. The number of carbonyl (C=O) groups is 1. The lowest BCUT2D eigenvalue weighted by Crippen LogP contribution is -2.33. The molecular formula is C11H13NO2. The molecular weight excluding hydrogens is 178 g/mol. The van der Waals surface area contributed by atoms with E-state index in [1.165, 1.54) is 0 Å². The Morgan fingerprint density at radius 3 is 2.79 bits per heavy atom. The summed E-state index contributed by atoms with van der Waals surface area (Å²) in [5, 5.41) is 9.31. The molecule has 3 N–H and O–H groups in total. The van der Waals surface area contributed by atoms with Gasteiger partial charge in [0, 0.05) is 18.4 Å². The number of phenols is 1. The van der Waals surface area contributed by atoms with Gasteiger partial charge in [-0.3, -0.25) is 4.79 Å². The Bertz CT molecular complexity index is 375. The smallest absolute Gasteiger partial charge is 0.135 e. The first-order valence-electron chi connectivity index (χ1n) is 4.70. The Balaban J connectivity index is 2.34. The number of rotatable bonds is 1. The molecule has 1 fully saturated rings. The molecule has 74 valence electrons. The first-order chi connectivity index (χ1) is 6.60. The van der Waals surface area contributed by atoms with Gasteiger partial charge in [0.25, 0.3) is 0 Å². The van der Waals surface area contributed by atoms with Crippen LogP contribution in [0.4, 0.5) is 0 Å². The van der Waals surface area contributed by atoms with Crippen molar-refractivity contribution in [2.75, 3.05) is 0 Å². The molecule has 1 atom stereocenters. The SMILES string of the molecule is NC1(c2cccc(O)c2)CCC(=O)C1. The van der Waals surface area contributed by atoms with Crippen molar-refractivity contribution >= 4 is 5.78 Å². The summed E-state index contributed by atoms with van der Waals surface area (Å²) in [5.74, 6) is 0.405. The van der Waals surface area contributed by atoms with E-state index in [9.17, 15) is 9.90 Å². The zero-order valence-corrected chi connectivity index (χ0v) is 7.86. The lowest BCUT2D eigenvalue weighted by Gasteiger charge is -2.23. The number of hydrogen-bond donors (Lipinski definition) is 2. The molecule has 1 unspecified atom stereocenters. The van der Waals surface area contributed by atoms with Crippen LogP contribution in [0.3, 0.4) is 0 Å². The van der Waals surface area contributed by atoms with Gasteiger partial charge >= 0.3 is 0 Å². The summed E-state index contributed by atoms with van der Waals surface area (Å²) >= 11 is 0. The number of benzene rings is 1. The van der Waals surface area contributed by atoms with Crippen LogP contribution < -0.4 is 5.73 Å².